The molecule has 100 valence electrons. The van der Waals surface area contributed by atoms with Crippen LogP contribution in [0.15, 0.2) is 29.8 Å². The second kappa shape index (κ2) is 5.71. The number of hydrogen-bond donors (Lipinski definition) is 3. The number of nitrogens with one attached hydrogen (secondary N) is 1. The monoisotopic (exact) mass is 276 g/mol. The highest BCUT2D eigenvalue weighted by atomic mass is 32.1. The molecule has 1 aromatic heterocycles. The molecule has 1 amide bonds. The summed E-state index contributed by atoms with van der Waals surface area (Å²) in [6, 6.07) is 5.06. The van der Waals surface area contributed by atoms with E-state index in [9.17, 15) is 4.79 Å². The Morgan fingerprint density at radius 2 is 2.32 bits per heavy atom. The van der Waals surface area contributed by atoms with E-state index in [0.29, 0.717) is 16.9 Å². The number of rotatable bonds is 5. The number of thiazole rings is 1. The molecule has 0 aliphatic rings. The normalized spacial score (nSPS) is 12.1. The number of nitrogen functional groups attached to an aromatic ring is 1. The fraction of sp³-hybridized carbons (Fsp3) is 0.231. The standard InChI is InChI=1S/C13H16N4OS/c1-2-10(13-16-5-6-19-13)17-11-7-8(14)3-4-9(11)12(15)18/h3-7,10,17H,2,14H2,1H3,(H2,15,18). The quantitative estimate of drug-likeness (QED) is 0.731. The highest BCUT2D eigenvalue weighted by Crippen LogP contribution is 2.27. The molecule has 0 radical (unpaired) electrons. The first kappa shape index (κ1) is 13.4. The fourth-order valence-corrected chi connectivity index (χ4v) is 2.60. The zero-order valence-corrected chi connectivity index (χ0v) is 11.4. The number of nitrogens with two attached hydrogens (primary N) is 2. The largest absolute Gasteiger partial charge is 0.399 e. The number of hydrogen-bond acceptors (Lipinski definition) is 5. The van der Waals surface area contributed by atoms with Crippen LogP contribution in [0.25, 0.3) is 0 Å². The lowest BCUT2D eigenvalue weighted by Gasteiger charge is -2.18. The third-order valence-corrected chi connectivity index (χ3v) is 3.69. The van der Waals surface area contributed by atoms with Gasteiger partial charge in [0.25, 0.3) is 5.91 Å². The van der Waals surface area contributed by atoms with Gasteiger partial charge in [-0.15, -0.1) is 11.3 Å². The van der Waals surface area contributed by atoms with E-state index < -0.39 is 5.91 Å². The van der Waals surface area contributed by atoms with E-state index in [-0.39, 0.29) is 6.04 Å². The van der Waals surface area contributed by atoms with Crippen molar-refractivity contribution >= 4 is 28.6 Å². The smallest absolute Gasteiger partial charge is 0.250 e. The van der Waals surface area contributed by atoms with Crippen molar-refractivity contribution in [1.29, 1.82) is 0 Å². The van der Waals surface area contributed by atoms with Gasteiger partial charge < -0.3 is 16.8 Å². The van der Waals surface area contributed by atoms with Gasteiger partial charge in [-0.1, -0.05) is 6.92 Å². The molecule has 1 aromatic carbocycles. The zero-order valence-electron chi connectivity index (χ0n) is 10.6. The minimum absolute atomic E-state index is 0.0416. The van der Waals surface area contributed by atoms with Crippen LogP contribution in [0, 0.1) is 0 Å². The van der Waals surface area contributed by atoms with Crippen molar-refractivity contribution in [1.82, 2.24) is 4.98 Å². The summed E-state index contributed by atoms with van der Waals surface area (Å²) in [5.74, 6) is -0.475. The average molecular weight is 276 g/mol. The Morgan fingerprint density at radius 1 is 1.53 bits per heavy atom. The zero-order chi connectivity index (χ0) is 13.8. The Balaban J connectivity index is 2.31. The summed E-state index contributed by atoms with van der Waals surface area (Å²) in [5, 5.41) is 6.19. The van der Waals surface area contributed by atoms with Gasteiger partial charge in [0.15, 0.2) is 0 Å². The van der Waals surface area contributed by atoms with Gasteiger partial charge in [0, 0.05) is 23.0 Å². The molecule has 0 spiro atoms. The van der Waals surface area contributed by atoms with Crippen molar-refractivity contribution in [2.45, 2.75) is 19.4 Å². The van der Waals surface area contributed by atoms with Crippen LogP contribution in [0.3, 0.4) is 0 Å². The number of aromatic nitrogens is 1. The van der Waals surface area contributed by atoms with Gasteiger partial charge >= 0.3 is 0 Å². The lowest BCUT2D eigenvalue weighted by atomic mass is 10.1. The molecule has 2 rings (SSSR count). The summed E-state index contributed by atoms with van der Waals surface area (Å²) in [4.78, 5) is 15.7. The third kappa shape index (κ3) is 3.03. The van der Waals surface area contributed by atoms with Crippen LogP contribution in [0.2, 0.25) is 0 Å². The molecule has 0 bridgehead atoms. The van der Waals surface area contributed by atoms with Crippen molar-refractivity contribution < 1.29 is 4.79 Å². The Morgan fingerprint density at radius 3 is 2.89 bits per heavy atom. The second-order valence-electron chi connectivity index (χ2n) is 4.14. The Labute approximate surface area is 115 Å². The first-order valence-electron chi connectivity index (χ1n) is 5.97. The lowest BCUT2D eigenvalue weighted by molar-refractivity contribution is 0.100. The lowest BCUT2D eigenvalue weighted by Crippen LogP contribution is -2.17. The van der Waals surface area contributed by atoms with Crippen LogP contribution in [0.5, 0.6) is 0 Å². The second-order valence-corrected chi connectivity index (χ2v) is 5.07. The molecule has 0 saturated carbocycles. The summed E-state index contributed by atoms with van der Waals surface area (Å²) in [7, 11) is 0. The van der Waals surface area contributed by atoms with E-state index in [1.165, 1.54) is 0 Å². The highest BCUT2D eigenvalue weighted by Gasteiger charge is 2.15. The molecule has 0 aliphatic heterocycles. The molecule has 5 N–H and O–H groups in total. The maximum atomic E-state index is 11.4. The van der Waals surface area contributed by atoms with Crippen molar-refractivity contribution in [2.24, 2.45) is 5.73 Å². The molecule has 2 aromatic rings. The van der Waals surface area contributed by atoms with E-state index in [2.05, 4.69) is 17.2 Å². The van der Waals surface area contributed by atoms with Crippen LogP contribution >= 0.6 is 11.3 Å². The SMILES string of the molecule is CCC(Nc1cc(N)ccc1C(N)=O)c1nccs1. The molecule has 5 nitrogen and oxygen atoms in total. The molecule has 19 heavy (non-hydrogen) atoms. The maximum Gasteiger partial charge on any atom is 0.250 e. The summed E-state index contributed by atoms with van der Waals surface area (Å²) in [5.41, 5.74) is 12.8. The van der Waals surface area contributed by atoms with E-state index in [4.69, 9.17) is 11.5 Å². The molecule has 6 heteroatoms. The predicted octanol–water partition coefficient (Wildman–Crippen LogP) is 2.39. The molecule has 0 fully saturated rings. The minimum atomic E-state index is -0.475. The van der Waals surface area contributed by atoms with Crippen molar-refractivity contribution in [3.8, 4) is 0 Å². The van der Waals surface area contributed by atoms with Crippen LogP contribution in [0.4, 0.5) is 11.4 Å². The van der Waals surface area contributed by atoms with Gasteiger partial charge in [0.2, 0.25) is 0 Å². The molecule has 1 atom stereocenters. The topological polar surface area (TPSA) is 94.0 Å². The molecule has 1 heterocycles. The summed E-state index contributed by atoms with van der Waals surface area (Å²) in [6.07, 6.45) is 2.61. The Kier molecular flexibility index (Phi) is 4.01. The predicted molar refractivity (Wildman–Crippen MR) is 78.1 cm³/mol. The Bertz CT molecular complexity index is 568. The van der Waals surface area contributed by atoms with E-state index in [1.54, 1.807) is 35.7 Å². The average Bonchev–Trinajstić information content (AvgIpc) is 2.89. The molecule has 0 saturated heterocycles. The summed E-state index contributed by atoms with van der Waals surface area (Å²) < 4.78 is 0. The van der Waals surface area contributed by atoms with E-state index in [1.807, 2.05) is 5.38 Å². The number of anilines is 2. The first-order valence-corrected chi connectivity index (χ1v) is 6.85. The van der Waals surface area contributed by atoms with Crippen LogP contribution in [-0.4, -0.2) is 10.9 Å². The molecular weight excluding hydrogens is 260 g/mol. The van der Waals surface area contributed by atoms with Gasteiger partial charge in [-0.2, -0.15) is 0 Å². The highest BCUT2D eigenvalue weighted by molar-refractivity contribution is 7.09. The van der Waals surface area contributed by atoms with Crippen molar-refractivity contribution in [2.75, 3.05) is 11.1 Å². The van der Waals surface area contributed by atoms with E-state index in [0.717, 1.165) is 11.4 Å². The van der Waals surface area contributed by atoms with Crippen LogP contribution in [-0.2, 0) is 0 Å². The number of amides is 1. The van der Waals surface area contributed by atoms with Gasteiger partial charge in [0.05, 0.1) is 11.6 Å². The minimum Gasteiger partial charge on any atom is -0.399 e. The number of carbonyl (C=O) groups excluding carboxylic acids is 1. The van der Waals surface area contributed by atoms with E-state index >= 15 is 0 Å². The summed E-state index contributed by atoms with van der Waals surface area (Å²) in [6.45, 7) is 2.05. The van der Waals surface area contributed by atoms with Gasteiger partial charge in [-0.3, -0.25) is 4.79 Å². The Hall–Kier alpha value is -2.08. The van der Waals surface area contributed by atoms with Gasteiger partial charge in [-0.25, -0.2) is 4.98 Å². The van der Waals surface area contributed by atoms with Crippen LogP contribution < -0.4 is 16.8 Å². The number of nitrogens with zero attached hydrogens (tertiary/aromatic N) is 1. The van der Waals surface area contributed by atoms with Gasteiger partial charge in [0.1, 0.15) is 5.01 Å². The number of carbonyl (C=O) groups is 1. The maximum absolute atomic E-state index is 11.4. The number of benzene rings is 1. The molecule has 0 aliphatic carbocycles. The van der Waals surface area contributed by atoms with Gasteiger partial charge in [-0.05, 0) is 24.6 Å². The van der Waals surface area contributed by atoms with Crippen LogP contribution in [0.1, 0.15) is 34.8 Å². The molecule has 1 unspecified atom stereocenters. The first-order chi connectivity index (χ1) is 9.11. The third-order valence-electron chi connectivity index (χ3n) is 2.80. The van der Waals surface area contributed by atoms with Crippen molar-refractivity contribution in [3.63, 3.8) is 0 Å². The number of primary amides is 1. The van der Waals surface area contributed by atoms with Crippen molar-refractivity contribution in [3.05, 3.63) is 40.3 Å². The fourth-order valence-electron chi connectivity index (χ4n) is 1.83. The summed E-state index contributed by atoms with van der Waals surface area (Å²) >= 11 is 1.57. The molecular formula is C13H16N4OS.